The fourth-order valence-corrected chi connectivity index (χ4v) is 2.67. The summed E-state index contributed by atoms with van der Waals surface area (Å²) >= 11 is 0. The first-order valence-corrected chi connectivity index (χ1v) is 7.45. The zero-order chi connectivity index (χ0) is 14.8. The molecular weight excluding hydrogens is 252 g/mol. The monoisotopic (exact) mass is 278 g/mol. The Morgan fingerprint density at radius 1 is 1.35 bits per heavy atom. The van der Waals surface area contributed by atoms with Crippen molar-refractivity contribution in [3.8, 4) is 0 Å². The number of ether oxygens (including phenoxy) is 1. The number of rotatable bonds is 6. The molecule has 20 heavy (non-hydrogen) atoms. The van der Waals surface area contributed by atoms with Crippen LogP contribution in [-0.2, 0) is 4.74 Å². The Bertz CT molecular complexity index is 461. The molecule has 0 saturated heterocycles. The highest BCUT2D eigenvalue weighted by atomic mass is 16.5. The molecular formula is C15H26N4O. The Morgan fingerprint density at radius 2 is 2.10 bits per heavy atom. The molecule has 0 radical (unpaired) electrons. The zero-order valence-electron chi connectivity index (χ0n) is 13.2. The summed E-state index contributed by atoms with van der Waals surface area (Å²) in [5.41, 5.74) is 1.10. The highest BCUT2D eigenvalue weighted by molar-refractivity contribution is 5.44. The molecule has 2 N–H and O–H groups in total. The minimum atomic E-state index is 0.132. The largest absolute Gasteiger partial charge is 0.378 e. The van der Waals surface area contributed by atoms with E-state index in [2.05, 4.69) is 34.4 Å². The maximum absolute atomic E-state index is 5.76. The SMILES string of the molecule is CCNc1nc(C)cc(NC2CC(OCC)C2(C)C)n1. The molecule has 0 aromatic carbocycles. The van der Waals surface area contributed by atoms with Gasteiger partial charge in [0.15, 0.2) is 0 Å². The Balaban J connectivity index is 2.04. The molecule has 112 valence electrons. The van der Waals surface area contributed by atoms with Crippen LogP contribution >= 0.6 is 0 Å². The number of hydrogen-bond acceptors (Lipinski definition) is 5. The van der Waals surface area contributed by atoms with Crippen molar-refractivity contribution in [1.82, 2.24) is 9.97 Å². The average Bonchev–Trinajstić information content (AvgIpc) is 2.37. The van der Waals surface area contributed by atoms with Crippen LogP contribution in [0.5, 0.6) is 0 Å². The molecule has 1 heterocycles. The summed E-state index contributed by atoms with van der Waals surface area (Å²) in [6.07, 6.45) is 1.36. The fraction of sp³-hybridized carbons (Fsp3) is 0.733. The number of nitrogens with zero attached hydrogens (tertiary/aromatic N) is 2. The van der Waals surface area contributed by atoms with E-state index in [1.807, 2.05) is 26.8 Å². The summed E-state index contributed by atoms with van der Waals surface area (Å²) in [4.78, 5) is 8.88. The molecule has 1 aromatic heterocycles. The Labute approximate surface area is 121 Å². The Kier molecular flexibility index (Phi) is 4.48. The van der Waals surface area contributed by atoms with E-state index < -0.39 is 0 Å². The maximum Gasteiger partial charge on any atom is 0.224 e. The molecule has 1 aromatic rings. The van der Waals surface area contributed by atoms with Gasteiger partial charge in [0.05, 0.1) is 6.10 Å². The molecule has 5 heteroatoms. The summed E-state index contributed by atoms with van der Waals surface area (Å²) in [7, 11) is 0. The Morgan fingerprint density at radius 3 is 2.70 bits per heavy atom. The van der Waals surface area contributed by atoms with Crippen molar-refractivity contribution in [2.45, 2.75) is 53.2 Å². The van der Waals surface area contributed by atoms with Gasteiger partial charge in [-0.3, -0.25) is 0 Å². The lowest BCUT2D eigenvalue weighted by molar-refractivity contribution is -0.0976. The van der Waals surface area contributed by atoms with Crippen LogP contribution in [0.15, 0.2) is 6.07 Å². The van der Waals surface area contributed by atoms with E-state index >= 15 is 0 Å². The molecule has 0 amide bonds. The molecule has 1 fully saturated rings. The molecule has 2 rings (SSSR count). The quantitative estimate of drug-likeness (QED) is 0.838. The van der Waals surface area contributed by atoms with Crippen molar-refractivity contribution in [2.75, 3.05) is 23.8 Å². The van der Waals surface area contributed by atoms with Gasteiger partial charge in [-0.05, 0) is 27.2 Å². The van der Waals surface area contributed by atoms with Crippen molar-refractivity contribution in [2.24, 2.45) is 5.41 Å². The lowest BCUT2D eigenvalue weighted by atomic mass is 9.64. The normalized spacial score (nSPS) is 24.1. The van der Waals surface area contributed by atoms with E-state index in [1.165, 1.54) is 0 Å². The van der Waals surface area contributed by atoms with Gasteiger partial charge in [0.25, 0.3) is 0 Å². The molecule has 2 unspecified atom stereocenters. The van der Waals surface area contributed by atoms with Gasteiger partial charge >= 0.3 is 0 Å². The van der Waals surface area contributed by atoms with Gasteiger partial charge in [-0.15, -0.1) is 0 Å². The molecule has 0 spiro atoms. The smallest absolute Gasteiger partial charge is 0.224 e. The first-order valence-electron chi connectivity index (χ1n) is 7.45. The number of aromatic nitrogens is 2. The number of hydrogen-bond donors (Lipinski definition) is 2. The molecule has 1 aliphatic carbocycles. The van der Waals surface area contributed by atoms with Crippen LogP contribution < -0.4 is 10.6 Å². The second-order valence-electron chi connectivity index (χ2n) is 5.95. The van der Waals surface area contributed by atoms with Gasteiger partial charge in [-0.2, -0.15) is 4.98 Å². The summed E-state index contributed by atoms with van der Waals surface area (Å²) < 4.78 is 5.76. The fourth-order valence-electron chi connectivity index (χ4n) is 2.67. The van der Waals surface area contributed by atoms with Crippen LogP contribution in [-0.4, -0.2) is 35.3 Å². The zero-order valence-corrected chi connectivity index (χ0v) is 13.2. The molecule has 2 atom stereocenters. The van der Waals surface area contributed by atoms with Crippen LogP contribution in [0.25, 0.3) is 0 Å². The van der Waals surface area contributed by atoms with Crippen molar-refractivity contribution in [1.29, 1.82) is 0 Å². The van der Waals surface area contributed by atoms with Gasteiger partial charge in [0.2, 0.25) is 5.95 Å². The second-order valence-corrected chi connectivity index (χ2v) is 5.95. The van der Waals surface area contributed by atoms with Crippen LogP contribution in [0.2, 0.25) is 0 Å². The summed E-state index contributed by atoms with van der Waals surface area (Å²) in [5, 5.41) is 6.69. The first-order chi connectivity index (χ1) is 9.47. The predicted octanol–water partition coefficient (Wildman–Crippen LogP) is 2.83. The third-order valence-corrected chi connectivity index (χ3v) is 4.06. The average molecular weight is 278 g/mol. The first kappa shape index (κ1) is 15.0. The number of aryl methyl sites for hydroxylation is 1. The molecule has 5 nitrogen and oxygen atoms in total. The van der Waals surface area contributed by atoms with Crippen LogP contribution in [0.3, 0.4) is 0 Å². The topological polar surface area (TPSA) is 59.1 Å². The van der Waals surface area contributed by atoms with Crippen molar-refractivity contribution in [3.05, 3.63) is 11.8 Å². The Hall–Kier alpha value is -1.36. The third kappa shape index (κ3) is 3.03. The lowest BCUT2D eigenvalue weighted by Crippen LogP contribution is -2.58. The van der Waals surface area contributed by atoms with E-state index in [1.54, 1.807) is 0 Å². The third-order valence-electron chi connectivity index (χ3n) is 4.06. The van der Waals surface area contributed by atoms with E-state index in [0.29, 0.717) is 18.1 Å². The van der Waals surface area contributed by atoms with Gasteiger partial charge in [0, 0.05) is 36.4 Å². The minimum absolute atomic E-state index is 0.132. The van der Waals surface area contributed by atoms with Gasteiger partial charge in [-0.25, -0.2) is 4.98 Å². The lowest BCUT2D eigenvalue weighted by Gasteiger charge is -2.51. The number of anilines is 2. The van der Waals surface area contributed by atoms with Crippen LogP contribution in [0.1, 0.15) is 39.8 Å². The molecule has 1 aliphatic rings. The molecule has 0 aliphatic heterocycles. The second kappa shape index (κ2) is 5.95. The van der Waals surface area contributed by atoms with Gasteiger partial charge in [0.1, 0.15) is 5.82 Å². The van der Waals surface area contributed by atoms with E-state index in [-0.39, 0.29) is 5.41 Å². The highest BCUT2D eigenvalue weighted by Gasteiger charge is 2.49. The van der Waals surface area contributed by atoms with Gasteiger partial charge in [-0.1, -0.05) is 13.8 Å². The maximum atomic E-state index is 5.76. The standard InChI is InChI=1S/C15H26N4O/c1-6-16-14-17-10(3)8-13(19-14)18-11-9-12(20-7-2)15(11,4)5/h8,11-12H,6-7,9H2,1-5H3,(H2,16,17,18,19). The van der Waals surface area contributed by atoms with E-state index in [9.17, 15) is 0 Å². The molecule has 0 bridgehead atoms. The van der Waals surface area contributed by atoms with Crippen LogP contribution in [0, 0.1) is 12.3 Å². The van der Waals surface area contributed by atoms with E-state index in [4.69, 9.17) is 4.74 Å². The summed E-state index contributed by atoms with van der Waals surface area (Å²) in [5.74, 6) is 1.58. The summed E-state index contributed by atoms with van der Waals surface area (Å²) in [6.45, 7) is 12.2. The van der Waals surface area contributed by atoms with Crippen LogP contribution in [0.4, 0.5) is 11.8 Å². The van der Waals surface area contributed by atoms with Gasteiger partial charge < -0.3 is 15.4 Å². The minimum Gasteiger partial charge on any atom is -0.378 e. The molecule has 1 saturated carbocycles. The predicted molar refractivity (Wildman–Crippen MR) is 82.2 cm³/mol. The van der Waals surface area contributed by atoms with Crippen molar-refractivity contribution >= 4 is 11.8 Å². The van der Waals surface area contributed by atoms with Crippen molar-refractivity contribution < 1.29 is 4.74 Å². The van der Waals surface area contributed by atoms with Crippen molar-refractivity contribution in [3.63, 3.8) is 0 Å². The highest BCUT2D eigenvalue weighted by Crippen LogP contribution is 2.44. The number of nitrogens with one attached hydrogen (secondary N) is 2. The summed E-state index contributed by atoms with van der Waals surface area (Å²) in [6, 6.07) is 2.38. The van der Waals surface area contributed by atoms with E-state index in [0.717, 1.165) is 31.1 Å².